The average Bonchev–Trinajstić information content (AvgIpc) is 3.85. The first-order valence-electron chi connectivity index (χ1n) is 16.5. The molecule has 0 atom stereocenters. The van der Waals surface area contributed by atoms with Crippen LogP contribution in [0.4, 0.5) is 0 Å². The van der Waals surface area contributed by atoms with Crippen LogP contribution >= 0.6 is 22.7 Å². The highest BCUT2D eigenvalue weighted by Gasteiger charge is 2.21. The number of thiophene rings is 2. The Kier molecular flexibility index (Phi) is 5.74. The van der Waals surface area contributed by atoms with Gasteiger partial charge in [0.1, 0.15) is 11.1 Å². The molecule has 0 N–H and O–H groups in total. The van der Waals surface area contributed by atoms with E-state index in [2.05, 4.69) is 140 Å². The number of aromatic nitrogens is 1. The van der Waals surface area contributed by atoms with E-state index in [9.17, 15) is 0 Å². The van der Waals surface area contributed by atoms with Crippen LogP contribution in [-0.2, 0) is 0 Å². The van der Waals surface area contributed by atoms with Gasteiger partial charge in [-0.2, -0.15) is 0 Å². The number of nitrogens with zero attached hydrogens (tertiary/aromatic N) is 1. The van der Waals surface area contributed by atoms with Crippen LogP contribution in [0.1, 0.15) is 0 Å². The molecule has 0 fully saturated rings. The third kappa shape index (κ3) is 4.02. The van der Waals surface area contributed by atoms with Crippen molar-refractivity contribution in [3.8, 4) is 33.4 Å². The van der Waals surface area contributed by atoms with Crippen molar-refractivity contribution in [2.45, 2.75) is 0 Å². The van der Waals surface area contributed by atoms with E-state index in [1.54, 1.807) is 0 Å². The molecule has 0 aliphatic carbocycles. The van der Waals surface area contributed by atoms with Crippen molar-refractivity contribution in [1.82, 2.24) is 4.98 Å². The third-order valence-electron chi connectivity index (χ3n) is 9.85. The molecule has 228 valence electrons. The smallest absolute Gasteiger partial charge is 0.162 e. The number of benzene rings is 7. The van der Waals surface area contributed by atoms with Crippen LogP contribution in [0.2, 0.25) is 0 Å². The third-order valence-corrected chi connectivity index (χ3v) is 12.3. The Morgan fingerprint density at radius 3 is 1.59 bits per heavy atom. The van der Waals surface area contributed by atoms with Gasteiger partial charge in [0.15, 0.2) is 5.58 Å². The maximum atomic E-state index is 6.70. The maximum Gasteiger partial charge on any atom is 0.162 e. The van der Waals surface area contributed by atoms with E-state index in [0.717, 1.165) is 44.1 Å². The van der Waals surface area contributed by atoms with Crippen LogP contribution in [0.15, 0.2) is 156 Å². The summed E-state index contributed by atoms with van der Waals surface area (Å²) < 4.78 is 11.9. The summed E-state index contributed by atoms with van der Waals surface area (Å²) in [6.45, 7) is 0. The zero-order chi connectivity index (χ0) is 32.1. The zero-order valence-electron chi connectivity index (χ0n) is 26.1. The molecule has 4 heterocycles. The van der Waals surface area contributed by atoms with E-state index in [0.29, 0.717) is 0 Å². The largest absolute Gasteiger partial charge is 0.454 e. The molecule has 0 aliphatic heterocycles. The molecule has 0 amide bonds. The Balaban J connectivity index is 1.28. The van der Waals surface area contributed by atoms with Crippen LogP contribution in [0.25, 0.3) is 107 Å². The van der Waals surface area contributed by atoms with Gasteiger partial charge >= 0.3 is 0 Å². The summed E-state index contributed by atoms with van der Waals surface area (Å²) in [4.78, 5) is 5.15. The number of para-hydroxylation sites is 2. The van der Waals surface area contributed by atoms with Gasteiger partial charge in [0.2, 0.25) is 0 Å². The number of hydrogen-bond donors (Lipinski definition) is 0. The van der Waals surface area contributed by atoms with Gasteiger partial charge in [-0.3, -0.25) is 0 Å². The van der Waals surface area contributed by atoms with Crippen LogP contribution in [0, 0.1) is 0 Å². The van der Waals surface area contributed by atoms with E-state index in [1.165, 1.54) is 62.6 Å². The molecule has 0 spiro atoms. The van der Waals surface area contributed by atoms with Crippen molar-refractivity contribution >= 4 is 96.0 Å². The number of fused-ring (bicyclic) bond motifs is 10. The van der Waals surface area contributed by atoms with Gasteiger partial charge < -0.3 is 4.42 Å². The minimum atomic E-state index is 0.822. The van der Waals surface area contributed by atoms with E-state index in [1.807, 2.05) is 34.8 Å². The molecule has 4 heteroatoms. The fraction of sp³-hybridized carbons (Fsp3) is 0. The summed E-state index contributed by atoms with van der Waals surface area (Å²) in [6, 6.07) is 54.8. The van der Waals surface area contributed by atoms with Crippen LogP contribution in [0.3, 0.4) is 0 Å². The zero-order valence-corrected chi connectivity index (χ0v) is 27.7. The van der Waals surface area contributed by atoms with Crippen molar-refractivity contribution in [2.24, 2.45) is 0 Å². The van der Waals surface area contributed by atoms with Crippen molar-refractivity contribution in [1.29, 1.82) is 0 Å². The number of furan rings is 1. The lowest BCUT2D eigenvalue weighted by atomic mass is 9.91. The molecule has 7 aromatic carbocycles. The first kappa shape index (κ1) is 27.2. The lowest BCUT2D eigenvalue weighted by molar-refractivity contribution is 0.670. The van der Waals surface area contributed by atoms with Crippen LogP contribution in [-0.4, -0.2) is 4.98 Å². The van der Waals surface area contributed by atoms with Gasteiger partial charge in [0.05, 0.1) is 5.52 Å². The van der Waals surface area contributed by atoms with Gasteiger partial charge in [-0.15, -0.1) is 22.7 Å². The lowest BCUT2D eigenvalue weighted by Crippen LogP contribution is -1.90. The summed E-state index contributed by atoms with van der Waals surface area (Å²) in [5, 5.41) is 7.32. The number of pyridine rings is 1. The van der Waals surface area contributed by atoms with Crippen LogP contribution in [0.5, 0.6) is 0 Å². The molecule has 0 aliphatic rings. The SMILES string of the molecule is c1ccc2c(-c3cc(-c4cccc5c4sc4ccccc45)cc(-c4cccc5c4sc4ccccc45)c3)c3oc4ccccc4c3nc2c1. The quantitative estimate of drug-likeness (QED) is 0.189. The summed E-state index contributed by atoms with van der Waals surface area (Å²) in [7, 11) is 0. The summed E-state index contributed by atoms with van der Waals surface area (Å²) >= 11 is 3.75. The maximum absolute atomic E-state index is 6.70. The average molecular weight is 660 g/mol. The fourth-order valence-corrected chi connectivity index (χ4v) is 10.1. The second-order valence-corrected chi connectivity index (χ2v) is 14.7. The Labute approximate surface area is 289 Å². The van der Waals surface area contributed by atoms with Crippen LogP contribution < -0.4 is 0 Å². The second kappa shape index (κ2) is 10.3. The van der Waals surface area contributed by atoms with Gasteiger partial charge in [-0.1, -0.05) is 103 Å². The number of rotatable bonds is 3. The van der Waals surface area contributed by atoms with Crippen molar-refractivity contribution < 1.29 is 4.42 Å². The predicted molar refractivity (Wildman–Crippen MR) is 211 cm³/mol. The Morgan fingerprint density at radius 2 is 0.939 bits per heavy atom. The highest BCUT2D eigenvalue weighted by molar-refractivity contribution is 7.26. The molecule has 2 nitrogen and oxygen atoms in total. The van der Waals surface area contributed by atoms with E-state index in [4.69, 9.17) is 9.40 Å². The number of hydrogen-bond acceptors (Lipinski definition) is 4. The van der Waals surface area contributed by atoms with Crippen molar-refractivity contribution in [3.63, 3.8) is 0 Å². The summed E-state index contributed by atoms with van der Waals surface area (Å²) in [5.74, 6) is 0. The van der Waals surface area contributed by atoms with Gasteiger partial charge in [-0.05, 0) is 76.3 Å². The molecule has 11 rings (SSSR count). The minimum absolute atomic E-state index is 0.822. The highest BCUT2D eigenvalue weighted by Crippen LogP contribution is 2.47. The topological polar surface area (TPSA) is 26.0 Å². The molecule has 0 bridgehead atoms. The second-order valence-electron chi connectivity index (χ2n) is 12.6. The molecule has 0 saturated heterocycles. The molecule has 49 heavy (non-hydrogen) atoms. The Bertz CT molecular complexity index is 2990. The van der Waals surface area contributed by atoms with E-state index >= 15 is 0 Å². The lowest BCUT2D eigenvalue weighted by Gasteiger charge is -2.14. The van der Waals surface area contributed by atoms with E-state index in [-0.39, 0.29) is 0 Å². The van der Waals surface area contributed by atoms with Crippen molar-refractivity contribution in [2.75, 3.05) is 0 Å². The first-order chi connectivity index (χ1) is 24.3. The molecule has 11 aromatic rings. The molecular formula is C45H25NOS2. The molecule has 0 saturated carbocycles. The van der Waals surface area contributed by atoms with Crippen molar-refractivity contribution in [3.05, 3.63) is 152 Å². The highest BCUT2D eigenvalue weighted by atomic mass is 32.1. The summed E-state index contributed by atoms with van der Waals surface area (Å²) in [6.07, 6.45) is 0. The molecular weight excluding hydrogens is 635 g/mol. The standard InChI is InChI=1S/C45H25NOS2/c1-5-19-37-35(13-1)41(43-42(46-37)36-14-2-6-20-38(36)47-43)28-24-26(29-15-9-17-33-31-11-3-7-21-39(31)48-44(29)33)23-27(25-28)30-16-10-18-34-32-12-4-8-22-40(32)49-45(30)34/h1-25H. The molecule has 4 aromatic heterocycles. The van der Waals surface area contributed by atoms with Gasteiger partial charge in [0.25, 0.3) is 0 Å². The molecule has 0 unspecified atom stereocenters. The van der Waals surface area contributed by atoms with Gasteiger partial charge in [-0.25, -0.2) is 4.98 Å². The Morgan fingerprint density at radius 1 is 0.429 bits per heavy atom. The minimum Gasteiger partial charge on any atom is -0.454 e. The summed E-state index contributed by atoms with van der Waals surface area (Å²) in [5.41, 5.74) is 10.6. The van der Waals surface area contributed by atoms with E-state index < -0.39 is 0 Å². The van der Waals surface area contributed by atoms with Gasteiger partial charge in [0, 0.05) is 56.7 Å². The monoisotopic (exact) mass is 659 g/mol. The predicted octanol–water partition coefficient (Wildman–Crippen LogP) is 13.9. The first-order valence-corrected chi connectivity index (χ1v) is 18.1. The Hall–Kier alpha value is -5.81. The normalized spacial score (nSPS) is 12.1. The fourth-order valence-electron chi connectivity index (χ4n) is 7.66. The molecule has 0 radical (unpaired) electrons.